The third-order valence-electron chi connectivity index (χ3n) is 2.01. The van der Waals surface area contributed by atoms with Crippen LogP contribution in [0.5, 0.6) is 0 Å². The van der Waals surface area contributed by atoms with Gasteiger partial charge in [-0.25, -0.2) is 0 Å². The highest BCUT2D eigenvalue weighted by Crippen LogP contribution is 2.22. The van der Waals surface area contributed by atoms with Crippen LogP contribution in [0.1, 0.15) is 32.6 Å². The molecule has 0 atom stereocenters. The van der Waals surface area contributed by atoms with E-state index in [1.54, 1.807) is 0 Å². The molecule has 0 saturated heterocycles. The van der Waals surface area contributed by atoms with E-state index in [0.717, 1.165) is 36.8 Å². The minimum atomic E-state index is 0.193. The Morgan fingerprint density at radius 1 is 1.64 bits per heavy atom. The normalized spacial score (nSPS) is 17.4. The van der Waals surface area contributed by atoms with Crippen LogP contribution >= 0.6 is 0 Å². The van der Waals surface area contributed by atoms with Gasteiger partial charge in [-0.05, 0) is 30.4 Å². The lowest BCUT2D eigenvalue weighted by molar-refractivity contribution is -0.112. The van der Waals surface area contributed by atoms with E-state index in [4.69, 9.17) is 0 Å². The molecule has 0 aliphatic heterocycles. The number of carbonyl (C=O) groups is 1. The second-order valence-electron chi connectivity index (χ2n) is 2.97. The fourth-order valence-electron chi connectivity index (χ4n) is 1.24. The summed E-state index contributed by atoms with van der Waals surface area (Å²) in [6, 6.07) is 0. The average Bonchev–Trinajstić information content (AvgIpc) is 2.31. The number of ketones is 1. The summed E-state index contributed by atoms with van der Waals surface area (Å²) in [6.45, 7) is 5.83. The lowest BCUT2D eigenvalue weighted by Crippen LogP contribution is -1.97. The Morgan fingerprint density at radius 3 is 2.82 bits per heavy atom. The summed E-state index contributed by atoms with van der Waals surface area (Å²) in [7, 11) is 0. The molecule has 1 aliphatic carbocycles. The predicted molar refractivity (Wildman–Crippen MR) is 46.4 cm³/mol. The summed E-state index contributed by atoms with van der Waals surface area (Å²) in [5.41, 5.74) is 1.74. The summed E-state index contributed by atoms with van der Waals surface area (Å²) >= 11 is 0. The molecule has 0 spiro atoms. The predicted octanol–water partition coefficient (Wildman–Crippen LogP) is 2.63. The third-order valence-corrected chi connectivity index (χ3v) is 2.01. The Bertz CT molecular complexity index is 211. The summed E-state index contributed by atoms with van der Waals surface area (Å²) < 4.78 is 0. The molecule has 1 aliphatic rings. The molecule has 0 radical (unpaired) electrons. The quantitative estimate of drug-likeness (QED) is 0.565. The average molecular weight is 150 g/mol. The zero-order valence-corrected chi connectivity index (χ0v) is 7.02. The first-order valence-corrected chi connectivity index (χ1v) is 4.17. The van der Waals surface area contributed by atoms with Crippen molar-refractivity contribution in [3.63, 3.8) is 0 Å². The summed E-state index contributed by atoms with van der Waals surface area (Å²) in [5.74, 6) is 0.193. The molecule has 0 aromatic heterocycles. The molecule has 1 rings (SSSR count). The first-order valence-electron chi connectivity index (χ1n) is 4.17. The number of Topliss-reactive ketones (excluding diaryl/α,β-unsaturated/α-hetero) is 1. The second kappa shape index (κ2) is 3.51. The molecule has 11 heavy (non-hydrogen) atoms. The summed E-state index contributed by atoms with van der Waals surface area (Å²) in [5, 5.41) is 0. The van der Waals surface area contributed by atoms with Crippen LogP contribution in [0, 0.1) is 0 Å². The Balaban J connectivity index is 2.47. The van der Waals surface area contributed by atoms with Crippen molar-refractivity contribution in [2.75, 3.05) is 0 Å². The molecule has 0 fully saturated rings. The number of hydrogen-bond donors (Lipinski definition) is 0. The van der Waals surface area contributed by atoms with Gasteiger partial charge in [-0.15, -0.1) is 0 Å². The first kappa shape index (κ1) is 8.25. The van der Waals surface area contributed by atoms with Crippen molar-refractivity contribution in [2.45, 2.75) is 32.6 Å². The summed E-state index contributed by atoms with van der Waals surface area (Å²) in [4.78, 5) is 11.2. The van der Waals surface area contributed by atoms with Crippen LogP contribution in [0.3, 0.4) is 0 Å². The van der Waals surface area contributed by atoms with Gasteiger partial charge in [0.2, 0.25) is 0 Å². The van der Waals surface area contributed by atoms with Crippen molar-refractivity contribution >= 4 is 5.78 Å². The Hall–Kier alpha value is -0.850. The molecule has 1 nitrogen and oxygen atoms in total. The smallest absolute Gasteiger partial charge is 0.184 e. The molecule has 0 bridgehead atoms. The van der Waals surface area contributed by atoms with E-state index in [-0.39, 0.29) is 5.78 Å². The summed E-state index contributed by atoms with van der Waals surface area (Å²) in [6.07, 6.45) is 5.99. The molecular formula is C10H14O. The Morgan fingerprint density at radius 2 is 2.36 bits per heavy atom. The fraction of sp³-hybridized carbons (Fsp3) is 0.500. The maximum Gasteiger partial charge on any atom is 0.184 e. The topological polar surface area (TPSA) is 17.1 Å². The maximum atomic E-state index is 11.2. The highest BCUT2D eigenvalue weighted by molar-refractivity contribution is 6.10. The molecule has 0 aromatic rings. The number of allylic oxidation sites excluding steroid dienone is 3. The monoisotopic (exact) mass is 150 g/mol. The van der Waals surface area contributed by atoms with Gasteiger partial charge < -0.3 is 0 Å². The van der Waals surface area contributed by atoms with Crippen LogP contribution < -0.4 is 0 Å². The van der Waals surface area contributed by atoms with Gasteiger partial charge in [0.1, 0.15) is 0 Å². The fourth-order valence-corrected chi connectivity index (χ4v) is 1.24. The van der Waals surface area contributed by atoms with Gasteiger partial charge >= 0.3 is 0 Å². The van der Waals surface area contributed by atoms with Crippen molar-refractivity contribution in [1.29, 1.82) is 0 Å². The molecule has 0 aromatic carbocycles. The number of carbonyl (C=O) groups excluding carboxylic acids is 1. The third kappa shape index (κ3) is 1.79. The Kier molecular flexibility index (Phi) is 2.64. The zero-order chi connectivity index (χ0) is 8.27. The van der Waals surface area contributed by atoms with E-state index in [9.17, 15) is 4.79 Å². The van der Waals surface area contributed by atoms with Gasteiger partial charge in [0.15, 0.2) is 5.78 Å². The molecule has 0 unspecified atom stereocenters. The molecule has 0 saturated carbocycles. The van der Waals surface area contributed by atoms with E-state index in [1.165, 1.54) is 0 Å². The van der Waals surface area contributed by atoms with Crippen molar-refractivity contribution in [3.05, 3.63) is 23.8 Å². The minimum absolute atomic E-state index is 0.193. The van der Waals surface area contributed by atoms with Crippen LogP contribution in [0.25, 0.3) is 0 Å². The lowest BCUT2D eigenvalue weighted by atomic mass is 10.1. The maximum absolute atomic E-state index is 11.2. The van der Waals surface area contributed by atoms with Crippen LogP contribution in [-0.2, 0) is 4.79 Å². The van der Waals surface area contributed by atoms with Crippen molar-refractivity contribution < 1.29 is 4.79 Å². The van der Waals surface area contributed by atoms with Gasteiger partial charge in [0.05, 0.1) is 0 Å². The molecule has 0 N–H and O–H groups in total. The van der Waals surface area contributed by atoms with Crippen LogP contribution in [0.4, 0.5) is 0 Å². The standard InChI is InChI=1S/C10H14O/c1-3-4-5-9-7-6-8(2)10(9)11/h7H,2-6H2,1H3. The first-order chi connectivity index (χ1) is 5.25. The van der Waals surface area contributed by atoms with Crippen molar-refractivity contribution in [3.8, 4) is 0 Å². The van der Waals surface area contributed by atoms with Crippen LogP contribution in [0.2, 0.25) is 0 Å². The highest BCUT2D eigenvalue weighted by Gasteiger charge is 2.17. The molecule has 60 valence electrons. The van der Waals surface area contributed by atoms with Gasteiger partial charge in [-0.2, -0.15) is 0 Å². The highest BCUT2D eigenvalue weighted by atomic mass is 16.1. The number of hydrogen-bond acceptors (Lipinski definition) is 1. The SMILES string of the molecule is C=C1CC=C(CCCC)C1=O. The minimum Gasteiger partial charge on any atom is -0.289 e. The van der Waals surface area contributed by atoms with Crippen LogP contribution in [0.15, 0.2) is 23.8 Å². The van der Waals surface area contributed by atoms with E-state index < -0.39 is 0 Å². The zero-order valence-electron chi connectivity index (χ0n) is 7.02. The molecule has 0 amide bonds. The second-order valence-corrected chi connectivity index (χ2v) is 2.97. The molecule has 1 heteroatoms. The molecular weight excluding hydrogens is 136 g/mol. The van der Waals surface area contributed by atoms with E-state index >= 15 is 0 Å². The van der Waals surface area contributed by atoms with Gasteiger partial charge in [-0.1, -0.05) is 26.0 Å². The van der Waals surface area contributed by atoms with Crippen molar-refractivity contribution in [1.82, 2.24) is 0 Å². The van der Waals surface area contributed by atoms with Gasteiger partial charge in [0.25, 0.3) is 0 Å². The van der Waals surface area contributed by atoms with Crippen molar-refractivity contribution in [2.24, 2.45) is 0 Å². The lowest BCUT2D eigenvalue weighted by Gasteiger charge is -1.97. The number of rotatable bonds is 3. The van der Waals surface area contributed by atoms with Gasteiger partial charge in [0, 0.05) is 0 Å². The largest absolute Gasteiger partial charge is 0.289 e. The van der Waals surface area contributed by atoms with Gasteiger partial charge in [-0.3, -0.25) is 4.79 Å². The van der Waals surface area contributed by atoms with E-state index in [1.807, 2.05) is 6.08 Å². The van der Waals surface area contributed by atoms with E-state index in [2.05, 4.69) is 13.5 Å². The Labute approximate surface area is 67.8 Å². The molecule has 0 heterocycles. The van der Waals surface area contributed by atoms with Crippen LogP contribution in [-0.4, -0.2) is 5.78 Å². The van der Waals surface area contributed by atoms with E-state index in [0.29, 0.717) is 0 Å². The number of unbranched alkanes of at least 4 members (excludes halogenated alkanes) is 1.